The van der Waals surface area contributed by atoms with E-state index in [4.69, 9.17) is 44.9 Å². The highest BCUT2D eigenvalue weighted by molar-refractivity contribution is 6.73. The second kappa shape index (κ2) is 18.3. The maximum atomic E-state index is 14.4. The van der Waals surface area contributed by atoms with E-state index >= 15 is 0 Å². The number of hydrogen-bond acceptors (Lipinski definition) is 12. The minimum Gasteiger partial charge on any atom is -0.544 e. The average molecular weight is 968 g/mol. The van der Waals surface area contributed by atoms with Gasteiger partial charge in [-0.1, -0.05) is 0 Å². The molecular weight excluding hydrogens is 893 g/mol. The zero-order chi connectivity index (χ0) is 46.5. The summed E-state index contributed by atoms with van der Waals surface area (Å²) in [6.07, 6.45) is -4.87. The molecule has 1 saturated heterocycles. The molecule has 5 unspecified atom stereocenters. The molecule has 1 fully saturated rings. The van der Waals surface area contributed by atoms with Crippen molar-refractivity contribution in [1.29, 1.82) is 0 Å². The summed E-state index contributed by atoms with van der Waals surface area (Å²) in [4.78, 5) is 28.7. The van der Waals surface area contributed by atoms with Gasteiger partial charge in [0.05, 0.1) is 0 Å². The number of benzene rings is 2. The summed E-state index contributed by atoms with van der Waals surface area (Å²) in [5.74, 6) is 1.30. The summed E-state index contributed by atoms with van der Waals surface area (Å²) in [6, 6.07) is 10.7. The lowest BCUT2D eigenvalue weighted by Crippen LogP contribution is -2.68. The summed E-state index contributed by atoms with van der Waals surface area (Å²) in [5.41, 5.74) is 0.637. The van der Waals surface area contributed by atoms with Crippen LogP contribution in [0.4, 0.5) is 0 Å². The summed E-state index contributed by atoms with van der Waals surface area (Å²) < 4.78 is 67.4. The fourth-order valence-electron chi connectivity index (χ4n) is 6.52. The molecule has 61 heavy (non-hydrogen) atoms. The SMILES string of the molecule is C[Si](C)(C)OC(=O)C1OC(Oc2cc3oc(-c4ccc(O[Si](C)(C)C)cc4)cc(=O)c3c(O[Si](C)(C)C)c2O[Si](C)(C)C)C(O[Si](C)(C)C)C(O[Si](C)(C)C)C1O[Si](C)(C)C. The third-order valence-electron chi connectivity index (χ3n) is 8.12. The number of carbonyl (C=O) groups is 1. The van der Waals surface area contributed by atoms with Crippen molar-refractivity contribution in [3.05, 3.63) is 46.6 Å². The molecule has 1 aliphatic heterocycles. The predicted molar refractivity (Wildman–Crippen MR) is 263 cm³/mol. The summed E-state index contributed by atoms with van der Waals surface area (Å²) in [5, 5.41) is 0.241. The van der Waals surface area contributed by atoms with E-state index in [1.165, 1.54) is 6.07 Å². The van der Waals surface area contributed by atoms with Crippen LogP contribution in [0.3, 0.4) is 0 Å². The quantitative estimate of drug-likeness (QED) is 0.119. The second-order valence-electron chi connectivity index (χ2n) is 22.7. The van der Waals surface area contributed by atoms with Crippen molar-refractivity contribution in [1.82, 2.24) is 0 Å². The molecule has 1 aromatic heterocycles. The standard InChI is InChI=1S/C42H74O12Si7/c1-55(2,3)48-29-24-22-28(23-25-29)31-26-30(43)34-32(45-31)27-33(35(49-56(4,5)6)36(34)50-57(7,8)9)46-42-40(53-60(16,17)18)38(52-59(13,14)15)37(51-58(10,11)12)39(47-42)41(44)54-61(19,20)21/h22-27,37-40,42H,1-21H3. The molecule has 0 spiro atoms. The molecule has 0 amide bonds. The van der Waals surface area contributed by atoms with Crippen LogP contribution in [0.5, 0.6) is 23.0 Å². The minimum atomic E-state index is -2.44. The van der Waals surface area contributed by atoms with Gasteiger partial charge in [-0.3, -0.25) is 9.59 Å². The Morgan fingerprint density at radius 1 is 0.541 bits per heavy atom. The van der Waals surface area contributed by atoms with E-state index in [9.17, 15) is 9.59 Å². The third-order valence-corrected chi connectivity index (χ3v) is 14.4. The van der Waals surface area contributed by atoms with Crippen molar-refractivity contribution in [2.75, 3.05) is 0 Å². The number of carbonyl (C=O) groups excluding carboxylic acids is 1. The van der Waals surface area contributed by atoms with E-state index in [-0.39, 0.29) is 33.6 Å². The van der Waals surface area contributed by atoms with Gasteiger partial charge in [0.25, 0.3) is 0 Å². The molecule has 0 radical (unpaired) electrons. The maximum Gasteiger partial charge on any atom is 0.324 e. The van der Waals surface area contributed by atoms with Crippen molar-refractivity contribution in [2.24, 2.45) is 0 Å². The van der Waals surface area contributed by atoms with Crippen LogP contribution in [0.15, 0.2) is 45.6 Å². The van der Waals surface area contributed by atoms with Gasteiger partial charge in [0.1, 0.15) is 40.8 Å². The highest BCUT2D eigenvalue weighted by atomic mass is 28.4. The Morgan fingerprint density at radius 2 is 1.02 bits per heavy atom. The van der Waals surface area contributed by atoms with Crippen LogP contribution in [-0.2, 0) is 27.2 Å². The first kappa shape index (κ1) is 51.3. The number of fused-ring (bicyclic) bond motifs is 1. The van der Waals surface area contributed by atoms with Crippen molar-refractivity contribution >= 4 is 75.2 Å². The van der Waals surface area contributed by atoms with E-state index in [2.05, 4.69) is 78.6 Å². The lowest BCUT2D eigenvalue weighted by atomic mass is 9.99. The van der Waals surface area contributed by atoms with Gasteiger partial charge < -0.3 is 44.9 Å². The van der Waals surface area contributed by atoms with Gasteiger partial charge in [-0.15, -0.1) is 0 Å². The molecule has 0 N–H and O–H groups in total. The molecule has 5 atom stereocenters. The molecule has 3 aromatic rings. The molecule has 0 bridgehead atoms. The first-order valence-corrected chi connectivity index (χ1v) is 45.1. The van der Waals surface area contributed by atoms with Gasteiger partial charge >= 0.3 is 5.97 Å². The van der Waals surface area contributed by atoms with Gasteiger partial charge in [-0.05, 0) is 162 Å². The largest absolute Gasteiger partial charge is 0.544 e. The van der Waals surface area contributed by atoms with E-state index in [1.54, 1.807) is 6.07 Å². The van der Waals surface area contributed by atoms with Crippen molar-refractivity contribution < 1.29 is 49.7 Å². The Morgan fingerprint density at radius 3 is 1.49 bits per heavy atom. The predicted octanol–water partition coefficient (Wildman–Crippen LogP) is 11.2. The average Bonchev–Trinajstić information content (AvgIpc) is 3.00. The zero-order valence-electron chi connectivity index (χ0n) is 40.7. The van der Waals surface area contributed by atoms with Crippen LogP contribution < -0.4 is 23.4 Å². The van der Waals surface area contributed by atoms with Crippen LogP contribution in [0.1, 0.15) is 0 Å². The van der Waals surface area contributed by atoms with Gasteiger partial charge in [-0.2, -0.15) is 0 Å². The zero-order valence-corrected chi connectivity index (χ0v) is 47.7. The lowest BCUT2D eigenvalue weighted by Gasteiger charge is -2.50. The van der Waals surface area contributed by atoms with Crippen LogP contribution in [-0.4, -0.2) is 94.9 Å². The fraction of sp³-hybridized carbons (Fsp3) is 0.619. The number of ether oxygens (including phenoxy) is 2. The van der Waals surface area contributed by atoms with Gasteiger partial charge in [0.2, 0.25) is 39.6 Å². The van der Waals surface area contributed by atoms with Crippen molar-refractivity contribution in [3.63, 3.8) is 0 Å². The maximum absolute atomic E-state index is 14.4. The minimum absolute atomic E-state index is 0.213. The molecule has 342 valence electrons. The summed E-state index contributed by atoms with van der Waals surface area (Å²) in [7, 11) is -16.2. The van der Waals surface area contributed by atoms with E-state index in [1.807, 2.05) is 83.2 Å². The molecule has 0 saturated carbocycles. The lowest BCUT2D eigenvalue weighted by molar-refractivity contribution is -0.260. The molecule has 1 aliphatic rings. The van der Waals surface area contributed by atoms with Gasteiger partial charge in [-0.25, -0.2) is 0 Å². The normalized spacial score (nSPS) is 21.0. The number of rotatable bonds is 17. The van der Waals surface area contributed by atoms with Crippen LogP contribution in [0, 0.1) is 0 Å². The van der Waals surface area contributed by atoms with Gasteiger partial charge in [0.15, 0.2) is 53.7 Å². The van der Waals surface area contributed by atoms with Gasteiger partial charge in [0, 0.05) is 17.7 Å². The first-order chi connectivity index (χ1) is 27.4. The monoisotopic (exact) mass is 966 g/mol. The molecule has 2 aromatic carbocycles. The molecule has 4 rings (SSSR count). The van der Waals surface area contributed by atoms with Crippen LogP contribution in [0.2, 0.25) is 137 Å². The number of hydrogen-bond donors (Lipinski definition) is 0. The Kier molecular flexibility index (Phi) is 15.4. The fourth-order valence-corrected chi connectivity index (χ4v) is 12.9. The first-order valence-electron chi connectivity index (χ1n) is 21.3. The molecule has 12 nitrogen and oxygen atoms in total. The Hall–Kier alpha value is -2.32. The highest BCUT2D eigenvalue weighted by Gasteiger charge is 2.56. The molecule has 19 heteroatoms. The summed E-state index contributed by atoms with van der Waals surface area (Å²) >= 11 is 0. The smallest absolute Gasteiger partial charge is 0.324 e. The van der Waals surface area contributed by atoms with E-state index in [0.29, 0.717) is 11.3 Å². The second-order valence-corrected chi connectivity index (χ2v) is 53.8. The van der Waals surface area contributed by atoms with Crippen LogP contribution >= 0.6 is 0 Å². The van der Waals surface area contributed by atoms with Crippen LogP contribution in [0.25, 0.3) is 22.3 Å². The molecule has 2 heterocycles. The summed E-state index contributed by atoms with van der Waals surface area (Å²) in [6.45, 7) is 43.3. The van der Waals surface area contributed by atoms with Crippen molar-refractivity contribution in [3.8, 4) is 34.3 Å². The molecule has 0 aliphatic carbocycles. The van der Waals surface area contributed by atoms with Crippen molar-refractivity contribution in [2.45, 2.75) is 168 Å². The van der Waals surface area contributed by atoms with E-state index in [0.717, 1.165) is 5.75 Å². The Bertz CT molecular complexity index is 2060. The molecular formula is C42H74O12Si7. The highest BCUT2D eigenvalue weighted by Crippen LogP contribution is 2.47. The topological polar surface area (TPSA) is 130 Å². The third kappa shape index (κ3) is 15.7. The van der Waals surface area contributed by atoms with E-state index < -0.39 is 94.9 Å². The Balaban J connectivity index is 2.06. The Labute approximate surface area is 372 Å².